The average Bonchev–Trinajstić information content (AvgIpc) is 3.56. The molecule has 15 heteroatoms. The van der Waals surface area contributed by atoms with Gasteiger partial charge in [0.05, 0.1) is 13.2 Å². The van der Waals surface area contributed by atoms with Crippen LogP contribution in [0.4, 0.5) is 26.3 Å². The number of nitrogens with zero attached hydrogens (tertiary/aromatic N) is 2. The Labute approximate surface area is 214 Å². The third kappa shape index (κ3) is 11.2. The number of fused-ring (bicyclic) bond motifs is 1. The summed E-state index contributed by atoms with van der Waals surface area (Å²) >= 11 is 0. The molecule has 3 fully saturated rings. The van der Waals surface area contributed by atoms with Crippen LogP contribution in [-0.4, -0.2) is 83.1 Å². The lowest BCUT2D eigenvalue weighted by atomic mass is 9.81. The first-order valence-corrected chi connectivity index (χ1v) is 11.7. The van der Waals surface area contributed by atoms with E-state index in [-0.39, 0.29) is 5.91 Å². The second kappa shape index (κ2) is 13.7. The smallest absolute Gasteiger partial charge is 0.475 e. The lowest BCUT2D eigenvalue weighted by Gasteiger charge is -2.32. The van der Waals surface area contributed by atoms with Crippen LogP contribution >= 0.6 is 0 Å². The fourth-order valence-corrected chi connectivity index (χ4v) is 4.17. The summed E-state index contributed by atoms with van der Waals surface area (Å²) < 4.78 is 69.3. The average molecular weight is 557 g/mol. The Balaban J connectivity index is 0.000000301. The number of hydrogen-bond donors (Lipinski definition) is 3. The maximum Gasteiger partial charge on any atom is 0.490 e. The first-order chi connectivity index (χ1) is 17.7. The molecule has 3 heterocycles. The van der Waals surface area contributed by atoms with E-state index in [0.717, 1.165) is 45.3 Å². The fourth-order valence-electron chi connectivity index (χ4n) is 4.17. The van der Waals surface area contributed by atoms with Gasteiger partial charge in [0, 0.05) is 45.0 Å². The molecular formula is C23H29F6N3O6. The number of carbonyl (C=O) groups excluding carboxylic acids is 1. The molecule has 0 spiro atoms. The van der Waals surface area contributed by atoms with Crippen molar-refractivity contribution in [1.82, 2.24) is 15.2 Å². The molecular weight excluding hydrogens is 528 g/mol. The first kappa shape index (κ1) is 31.3. The van der Waals surface area contributed by atoms with Gasteiger partial charge in [-0.1, -0.05) is 6.07 Å². The van der Waals surface area contributed by atoms with Gasteiger partial charge in [0.15, 0.2) is 0 Å². The van der Waals surface area contributed by atoms with E-state index in [2.05, 4.69) is 21.3 Å². The lowest BCUT2D eigenvalue weighted by Crippen LogP contribution is -2.38. The molecule has 9 nitrogen and oxygen atoms in total. The standard InChI is InChI=1S/C19H27N3O2.2C2HF3O2/c23-19(21-8-14-3-4-14)6-16-12-24-13-17-10-22(11-18(16)17)9-15-2-1-5-20-7-15;2*3-2(4,5)1(6)7/h1-2,5,7,14,16-18H,3-4,6,8-13H2,(H,21,23);2*(H,6,7)/t16-,17-,18+;;/m1../s1. The van der Waals surface area contributed by atoms with E-state index < -0.39 is 24.3 Å². The minimum absolute atomic E-state index is 0.210. The number of pyridine rings is 1. The number of carboxylic acids is 2. The molecule has 0 bridgehead atoms. The first-order valence-electron chi connectivity index (χ1n) is 11.7. The molecule has 3 aliphatic rings. The van der Waals surface area contributed by atoms with Crippen molar-refractivity contribution in [2.24, 2.45) is 23.7 Å². The summed E-state index contributed by atoms with van der Waals surface area (Å²) in [7, 11) is 0. The number of carboxylic acid groups (broad SMARTS) is 2. The molecule has 38 heavy (non-hydrogen) atoms. The van der Waals surface area contributed by atoms with E-state index in [1.54, 1.807) is 0 Å². The van der Waals surface area contributed by atoms with Crippen LogP contribution < -0.4 is 5.32 Å². The SMILES string of the molecule is O=C(C[C@@H]1COC[C@H]2CN(Cc3cccnc3)C[C@@H]12)NCC1CC1.O=C(O)C(F)(F)F.O=C(O)C(F)(F)F. The maximum absolute atomic E-state index is 12.2. The number of amides is 1. The third-order valence-electron chi connectivity index (χ3n) is 6.18. The fraction of sp³-hybridized carbons (Fsp3) is 0.652. The molecule has 0 aromatic carbocycles. The summed E-state index contributed by atoms with van der Waals surface area (Å²) in [5.41, 5.74) is 1.26. The normalized spacial score (nSPS) is 23.2. The molecule has 1 aromatic heterocycles. The van der Waals surface area contributed by atoms with Crippen LogP contribution in [-0.2, 0) is 25.7 Å². The van der Waals surface area contributed by atoms with Crippen molar-refractivity contribution in [2.75, 3.05) is 32.8 Å². The second-order valence-electron chi connectivity index (χ2n) is 9.33. The number of carbonyl (C=O) groups is 3. The van der Waals surface area contributed by atoms with Crippen molar-refractivity contribution in [3.8, 4) is 0 Å². The van der Waals surface area contributed by atoms with Gasteiger partial charge < -0.3 is 20.3 Å². The van der Waals surface area contributed by atoms with E-state index in [9.17, 15) is 31.1 Å². The van der Waals surface area contributed by atoms with Gasteiger partial charge in [-0.2, -0.15) is 26.3 Å². The van der Waals surface area contributed by atoms with Gasteiger partial charge in [0.2, 0.25) is 5.91 Å². The monoisotopic (exact) mass is 557 g/mol. The zero-order chi connectivity index (χ0) is 28.5. The van der Waals surface area contributed by atoms with Gasteiger partial charge in [-0.3, -0.25) is 14.7 Å². The minimum Gasteiger partial charge on any atom is -0.475 e. The van der Waals surface area contributed by atoms with Gasteiger partial charge in [-0.15, -0.1) is 0 Å². The summed E-state index contributed by atoms with van der Waals surface area (Å²) in [6, 6.07) is 4.13. The van der Waals surface area contributed by atoms with Crippen LogP contribution in [0.1, 0.15) is 24.8 Å². The summed E-state index contributed by atoms with van der Waals surface area (Å²) in [5, 5.41) is 17.4. The predicted octanol–water partition coefficient (Wildman–Crippen LogP) is 2.96. The largest absolute Gasteiger partial charge is 0.490 e. The van der Waals surface area contributed by atoms with E-state index in [1.165, 1.54) is 18.4 Å². The molecule has 3 atom stereocenters. The summed E-state index contributed by atoms with van der Waals surface area (Å²) in [6.07, 6.45) is -3.23. The Morgan fingerprint density at radius 3 is 2.13 bits per heavy atom. The quantitative estimate of drug-likeness (QED) is 0.456. The van der Waals surface area contributed by atoms with E-state index >= 15 is 0 Å². The highest BCUT2D eigenvalue weighted by molar-refractivity contribution is 5.76. The van der Waals surface area contributed by atoms with Crippen LogP contribution in [0.25, 0.3) is 0 Å². The van der Waals surface area contributed by atoms with E-state index in [0.29, 0.717) is 24.2 Å². The Morgan fingerprint density at radius 1 is 1.03 bits per heavy atom. The van der Waals surface area contributed by atoms with Gasteiger partial charge in [0.1, 0.15) is 0 Å². The Morgan fingerprint density at radius 2 is 1.63 bits per heavy atom. The van der Waals surface area contributed by atoms with Crippen molar-refractivity contribution in [1.29, 1.82) is 0 Å². The molecule has 1 amide bonds. The number of halogens is 6. The number of hydrogen-bond acceptors (Lipinski definition) is 6. The zero-order valence-corrected chi connectivity index (χ0v) is 20.2. The number of rotatable bonds is 6. The zero-order valence-electron chi connectivity index (χ0n) is 20.2. The Hall–Kier alpha value is -2.94. The number of ether oxygens (including phenoxy) is 1. The lowest BCUT2D eigenvalue weighted by molar-refractivity contribution is -0.193. The molecule has 4 rings (SSSR count). The van der Waals surface area contributed by atoms with Crippen LogP contribution in [0.15, 0.2) is 24.5 Å². The molecule has 2 saturated heterocycles. The highest BCUT2D eigenvalue weighted by Crippen LogP contribution is 2.36. The molecule has 2 aliphatic heterocycles. The summed E-state index contributed by atoms with van der Waals surface area (Å²) in [5.74, 6) is -3.05. The van der Waals surface area contributed by atoms with Crippen molar-refractivity contribution in [2.45, 2.75) is 38.2 Å². The second-order valence-corrected chi connectivity index (χ2v) is 9.33. The van der Waals surface area contributed by atoms with Gasteiger partial charge in [-0.25, -0.2) is 9.59 Å². The molecule has 214 valence electrons. The number of likely N-dealkylation sites (tertiary alicyclic amines) is 1. The number of nitrogens with one attached hydrogen (secondary N) is 1. The van der Waals surface area contributed by atoms with Crippen LogP contribution in [0.2, 0.25) is 0 Å². The predicted molar refractivity (Wildman–Crippen MR) is 119 cm³/mol. The highest BCUT2D eigenvalue weighted by Gasteiger charge is 2.42. The van der Waals surface area contributed by atoms with E-state index in [1.807, 2.05) is 18.5 Å². The van der Waals surface area contributed by atoms with Crippen molar-refractivity contribution in [3.63, 3.8) is 0 Å². The molecule has 0 radical (unpaired) electrons. The number of aromatic nitrogens is 1. The molecule has 1 aromatic rings. The van der Waals surface area contributed by atoms with Crippen LogP contribution in [0.3, 0.4) is 0 Å². The molecule has 0 unspecified atom stereocenters. The van der Waals surface area contributed by atoms with Crippen molar-refractivity contribution in [3.05, 3.63) is 30.1 Å². The van der Waals surface area contributed by atoms with Crippen LogP contribution in [0.5, 0.6) is 0 Å². The van der Waals surface area contributed by atoms with Gasteiger partial charge >= 0.3 is 24.3 Å². The third-order valence-corrected chi connectivity index (χ3v) is 6.18. The number of aliphatic carboxylic acids is 2. The molecule has 3 N–H and O–H groups in total. The summed E-state index contributed by atoms with van der Waals surface area (Å²) in [4.78, 5) is 36.7. The summed E-state index contributed by atoms with van der Waals surface area (Å²) in [6.45, 7) is 5.53. The minimum atomic E-state index is -5.08. The number of alkyl halides is 6. The van der Waals surface area contributed by atoms with Gasteiger partial charge in [0.25, 0.3) is 0 Å². The van der Waals surface area contributed by atoms with Crippen molar-refractivity contribution < 1.29 is 55.7 Å². The van der Waals surface area contributed by atoms with Crippen molar-refractivity contribution >= 4 is 17.8 Å². The maximum atomic E-state index is 12.2. The van der Waals surface area contributed by atoms with E-state index in [4.69, 9.17) is 24.5 Å². The highest BCUT2D eigenvalue weighted by atomic mass is 19.4. The molecule has 1 aliphatic carbocycles. The van der Waals surface area contributed by atoms with Crippen LogP contribution in [0, 0.1) is 23.7 Å². The Bertz CT molecular complexity index is 902. The Kier molecular flexibility index (Phi) is 11.3. The van der Waals surface area contributed by atoms with Gasteiger partial charge in [-0.05, 0) is 48.1 Å². The topological polar surface area (TPSA) is 129 Å². The molecule has 1 saturated carbocycles.